The van der Waals surface area contributed by atoms with E-state index in [1.54, 1.807) is 34.4 Å². The second kappa shape index (κ2) is 8.57. The molecule has 0 unspecified atom stereocenters. The summed E-state index contributed by atoms with van der Waals surface area (Å²) in [6.45, 7) is 8.21. The Morgan fingerprint density at radius 3 is 2.57 bits per heavy atom. The number of carbonyl (C=O) groups is 1. The number of nitrogens with zero attached hydrogens (tertiary/aromatic N) is 4. The fourth-order valence-corrected chi connectivity index (χ4v) is 4.74. The summed E-state index contributed by atoms with van der Waals surface area (Å²) in [4.78, 5) is 23.8. The van der Waals surface area contributed by atoms with Crippen molar-refractivity contribution in [2.24, 2.45) is 5.92 Å². The third-order valence-electron chi connectivity index (χ3n) is 5.74. The number of amides is 1. The normalized spacial score (nSPS) is 19.2. The van der Waals surface area contributed by atoms with E-state index in [0.29, 0.717) is 13.1 Å². The van der Waals surface area contributed by atoms with Crippen molar-refractivity contribution in [2.75, 3.05) is 44.2 Å². The molecular weight excluding hydrogens is 375 g/mol. The average Bonchev–Trinajstić information content (AvgIpc) is 3.18. The summed E-state index contributed by atoms with van der Waals surface area (Å²) in [5, 5.41) is 3.18. The maximum Gasteiger partial charge on any atom is 0.256 e. The first-order valence-electron chi connectivity index (χ1n) is 10.1. The van der Waals surface area contributed by atoms with Gasteiger partial charge in [0.2, 0.25) is 0 Å². The van der Waals surface area contributed by atoms with Gasteiger partial charge in [0, 0.05) is 38.1 Å². The number of thiazole rings is 1. The van der Waals surface area contributed by atoms with E-state index in [1.807, 2.05) is 0 Å². The lowest BCUT2D eigenvalue weighted by atomic mass is 9.99. The number of likely N-dealkylation sites (tertiary alicyclic amines) is 1. The Hall–Kier alpha value is -1.99. The molecule has 0 aliphatic carbocycles. The molecule has 2 aliphatic rings. The van der Waals surface area contributed by atoms with Crippen LogP contribution >= 0.6 is 11.3 Å². The molecule has 2 fully saturated rings. The van der Waals surface area contributed by atoms with Crippen molar-refractivity contribution in [3.63, 3.8) is 0 Å². The zero-order valence-corrected chi connectivity index (χ0v) is 17.1. The Kier molecular flexibility index (Phi) is 5.92. The number of aromatic nitrogens is 1. The second-order valence-corrected chi connectivity index (χ2v) is 8.68. The number of hydrogen-bond acceptors (Lipinski definition) is 5. The van der Waals surface area contributed by atoms with Crippen molar-refractivity contribution in [1.82, 2.24) is 14.8 Å². The quantitative estimate of drug-likeness (QED) is 0.785. The molecule has 150 valence electrons. The van der Waals surface area contributed by atoms with E-state index >= 15 is 0 Å². The lowest BCUT2D eigenvalue weighted by Gasteiger charge is -2.34. The summed E-state index contributed by atoms with van der Waals surface area (Å²) in [5.41, 5.74) is 1.29. The Balaban J connectivity index is 1.31. The van der Waals surface area contributed by atoms with Crippen LogP contribution in [0.4, 0.5) is 9.52 Å². The highest BCUT2D eigenvalue weighted by atomic mass is 32.1. The number of piperazine rings is 1. The predicted octanol–water partition coefficient (Wildman–Crippen LogP) is 3.48. The van der Waals surface area contributed by atoms with Crippen LogP contribution in [0.2, 0.25) is 0 Å². The van der Waals surface area contributed by atoms with Crippen LogP contribution in [-0.4, -0.2) is 60.0 Å². The lowest BCUT2D eigenvalue weighted by Crippen LogP contribution is -2.49. The summed E-state index contributed by atoms with van der Waals surface area (Å²) >= 11 is 1.68. The van der Waals surface area contributed by atoms with E-state index in [2.05, 4.69) is 22.1 Å². The SMILES string of the molecule is CC1CCN(Cc2csc(N3CCN(C(=O)c4ccccc4F)CC3)n2)CC1. The van der Waals surface area contributed by atoms with E-state index in [4.69, 9.17) is 4.98 Å². The number of piperidine rings is 1. The average molecular weight is 403 g/mol. The minimum Gasteiger partial charge on any atom is -0.345 e. The summed E-state index contributed by atoms with van der Waals surface area (Å²) in [7, 11) is 0. The van der Waals surface area contributed by atoms with Crippen molar-refractivity contribution in [1.29, 1.82) is 0 Å². The summed E-state index contributed by atoms with van der Waals surface area (Å²) in [5.74, 6) is 0.161. The molecule has 2 aliphatic heterocycles. The predicted molar refractivity (Wildman–Crippen MR) is 110 cm³/mol. The molecule has 1 amide bonds. The van der Waals surface area contributed by atoms with Crippen LogP contribution in [0, 0.1) is 11.7 Å². The van der Waals surface area contributed by atoms with Crippen LogP contribution in [0.3, 0.4) is 0 Å². The molecule has 1 aromatic carbocycles. The van der Waals surface area contributed by atoms with Crippen molar-refractivity contribution < 1.29 is 9.18 Å². The standard InChI is InChI=1S/C21H27FN4OS/c1-16-6-8-24(9-7-16)14-17-15-28-21(23-17)26-12-10-25(11-13-26)20(27)18-4-2-3-5-19(18)22/h2-5,15-16H,6-14H2,1H3. The topological polar surface area (TPSA) is 39.7 Å². The largest absolute Gasteiger partial charge is 0.345 e. The molecule has 0 spiro atoms. The Labute approximate surface area is 169 Å². The van der Waals surface area contributed by atoms with Crippen LogP contribution < -0.4 is 4.90 Å². The number of carbonyl (C=O) groups excluding carboxylic acids is 1. The van der Waals surface area contributed by atoms with Gasteiger partial charge in [-0.1, -0.05) is 19.1 Å². The first kappa shape index (κ1) is 19.3. The van der Waals surface area contributed by atoms with Gasteiger partial charge in [0.05, 0.1) is 11.3 Å². The van der Waals surface area contributed by atoms with Gasteiger partial charge in [-0.25, -0.2) is 9.37 Å². The third-order valence-corrected chi connectivity index (χ3v) is 6.69. The molecule has 0 radical (unpaired) electrons. The molecule has 0 N–H and O–H groups in total. The molecule has 28 heavy (non-hydrogen) atoms. The van der Waals surface area contributed by atoms with Crippen LogP contribution in [0.25, 0.3) is 0 Å². The molecule has 5 nitrogen and oxygen atoms in total. The molecule has 1 aromatic heterocycles. The Morgan fingerprint density at radius 2 is 1.86 bits per heavy atom. The Morgan fingerprint density at radius 1 is 1.14 bits per heavy atom. The van der Waals surface area contributed by atoms with Gasteiger partial charge in [0.25, 0.3) is 5.91 Å². The van der Waals surface area contributed by atoms with E-state index in [-0.39, 0.29) is 11.5 Å². The van der Waals surface area contributed by atoms with Crippen LogP contribution in [-0.2, 0) is 6.54 Å². The molecular formula is C21H27FN4OS. The Bertz CT molecular complexity index is 810. The lowest BCUT2D eigenvalue weighted by molar-refractivity contribution is 0.0742. The molecule has 0 atom stereocenters. The van der Waals surface area contributed by atoms with Crippen molar-refractivity contribution in [3.05, 3.63) is 46.7 Å². The molecule has 7 heteroatoms. The zero-order valence-electron chi connectivity index (χ0n) is 16.3. The highest BCUT2D eigenvalue weighted by molar-refractivity contribution is 7.13. The number of hydrogen-bond donors (Lipinski definition) is 0. The number of rotatable bonds is 4. The van der Waals surface area contributed by atoms with Crippen molar-refractivity contribution in [3.8, 4) is 0 Å². The van der Waals surface area contributed by atoms with Crippen molar-refractivity contribution in [2.45, 2.75) is 26.3 Å². The molecule has 2 saturated heterocycles. The molecule has 0 saturated carbocycles. The van der Waals surface area contributed by atoms with Gasteiger partial charge in [-0.15, -0.1) is 11.3 Å². The fraction of sp³-hybridized carbons (Fsp3) is 0.524. The first-order chi connectivity index (χ1) is 13.6. The molecule has 2 aromatic rings. The third kappa shape index (κ3) is 4.36. The van der Waals surface area contributed by atoms with Crippen molar-refractivity contribution >= 4 is 22.4 Å². The minimum absolute atomic E-state index is 0.156. The number of anilines is 1. The van der Waals surface area contributed by atoms with Crippen LogP contribution in [0.15, 0.2) is 29.6 Å². The van der Waals surface area contributed by atoms with Gasteiger partial charge in [0.1, 0.15) is 5.82 Å². The number of benzene rings is 1. The van der Waals surface area contributed by atoms with Gasteiger partial charge in [-0.05, 0) is 44.0 Å². The monoisotopic (exact) mass is 402 g/mol. The summed E-state index contributed by atoms with van der Waals surface area (Å²) < 4.78 is 13.9. The van der Waals surface area contributed by atoms with E-state index in [1.165, 1.54) is 18.9 Å². The molecule has 3 heterocycles. The molecule has 4 rings (SSSR count). The van der Waals surface area contributed by atoms with E-state index < -0.39 is 5.82 Å². The van der Waals surface area contributed by atoms with Crippen LogP contribution in [0.5, 0.6) is 0 Å². The van der Waals surface area contributed by atoms with E-state index in [0.717, 1.165) is 49.5 Å². The minimum atomic E-state index is -0.452. The fourth-order valence-electron chi connectivity index (χ4n) is 3.87. The maximum atomic E-state index is 13.9. The van der Waals surface area contributed by atoms with Gasteiger partial charge in [-0.3, -0.25) is 9.69 Å². The second-order valence-electron chi connectivity index (χ2n) is 7.84. The maximum absolute atomic E-state index is 13.9. The summed E-state index contributed by atoms with van der Waals surface area (Å²) in [6, 6.07) is 6.20. The number of halogens is 1. The van der Waals surface area contributed by atoms with E-state index in [9.17, 15) is 9.18 Å². The van der Waals surface area contributed by atoms with Gasteiger partial charge in [0.15, 0.2) is 5.13 Å². The van der Waals surface area contributed by atoms with Gasteiger partial charge in [-0.2, -0.15) is 0 Å². The van der Waals surface area contributed by atoms with Gasteiger partial charge >= 0.3 is 0 Å². The molecule has 0 bridgehead atoms. The first-order valence-corrected chi connectivity index (χ1v) is 10.9. The zero-order chi connectivity index (χ0) is 19.5. The smallest absolute Gasteiger partial charge is 0.256 e. The summed E-state index contributed by atoms with van der Waals surface area (Å²) in [6.07, 6.45) is 2.55. The van der Waals surface area contributed by atoms with Gasteiger partial charge < -0.3 is 9.80 Å². The highest BCUT2D eigenvalue weighted by Gasteiger charge is 2.25. The highest BCUT2D eigenvalue weighted by Crippen LogP contribution is 2.25. The van der Waals surface area contributed by atoms with Crippen LogP contribution in [0.1, 0.15) is 35.8 Å².